The van der Waals surface area contributed by atoms with Crippen molar-refractivity contribution in [3.05, 3.63) is 15.5 Å². The molecule has 1 amide bonds. The first-order valence-corrected chi connectivity index (χ1v) is 7.60. The summed E-state index contributed by atoms with van der Waals surface area (Å²) in [6.45, 7) is 6.23. The zero-order valence-electron chi connectivity index (χ0n) is 11.1. The quantitative estimate of drug-likeness (QED) is 0.847. The molecule has 1 aromatic rings. The van der Waals surface area contributed by atoms with Crippen LogP contribution in [-0.2, 0) is 4.74 Å². The molecule has 1 fully saturated rings. The van der Waals surface area contributed by atoms with Gasteiger partial charge < -0.3 is 14.7 Å². The number of aliphatic hydroxyl groups excluding tert-OH is 1. The molecule has 7 heteroatoms. The Balaban J connectivity index is 2.06. The van der Waals surface area contributed by atoms with Crippen molar-refractivity contribution in [2.75, 3.05) is 13.1 Å². The zero-order valence-corrected chi connectivity index (χ0v) is 13.5. The minimum atomic E-state index is -0.579. The molecule has 1 saturated heterocycles. The molecule has 0 spiro atoms. The van der Waals surface area contributed by atoms with E-state index in [0.717, 1.165) is 9.35 Å². The fraction of sp³-hybridized carbons (Fsp3) is 0.667. The summed E-state index contributed by atoms with van der Waals surface area (Å²) in [6, 6.07) is 0. The maximum atomic E-state index is 12.0. The van der Waals surface area contributed by atoms with E-state index in [1.807, 2.05) is 20.8 Å². The summed E-state index contributed by atoms with van der Waals surface area (Å²) in [5, 5.41) is 10.1. The summed E-state index contributed by atoms with van der Waals surface area (Å²) in [7, 11) is 0. The number of carbonyl (C=O) groups excluding carboxylic acids is 1. The Hall–Kier alpha value is -0.660. The molecule has 2 rings (SSSR count). The van der Waals surface area contributed by atoms with Crippen LogP contribution < -0.4 is 0 Å². The van der Waals surface area contributed by atoms with Gasteiger partial charge in [0, 0.05) is 17.3 Å². The summed E-state index contributed by atoms with van der Waals surface area (Å²) >= 11 is 4.75. The summed E-state index contributed by atoms with van der Waals surface area (Å²) in [6.07, 6.45) is 0.752. The number of ether oxygens (including phenoxy) is 1. The summed E-state index contributed by atoms with van der Waals surface area (Å²) in [5.41, 5.74) is -0.523. The fourth-order valence-electron chi connectivity index (χ4n) is 2.00. The van der Waals surface area contributed by atoms with Crippen molar-refractivity contribution < 1.29 is 14.6 Å². The Bertz CT molecular complexity index is 472. The first-order chi connectivity index (χ1) is 8.78. The van der Waals surface area contributed by atoms with Crippen LogP contribution >= 0.6 is 27.5 Å². The fourth-order valence-corrected chi connectivity index (χ4v) is 3.53. The molecule has 106 valence electrons. The maximum Gasteiger partial charge on any atom is 0.410 e. The number of carbonyl (C=O) groups is 1. The van der Waals surface area contributed by atoms with Crippen molar-refractivity contribution in [1.29, 1.82) is 0 Å². The van der Waals surface area contributed by atoms with Crippen LogP contribution in [0.3, 0.4) is 0 Å². The summed E-state index contributed by atoms with van der Waals surface area (Å²) in [5.74, 6) is -0.102. The second-order valence-electron chi connectivity index (χ2n) is 5.60. The average Bonchev–Trinajstić information content (AvgIpc) is 2.82. The largest absolute Gasteiger partial charge is 0.444 e. The molecule has 19 heavy (non-hydrogen) atoms. The molecule has 5 nitrogen and oxygen atoms in total. The lowest BCUT2D eigenvalue weighted by Crippen LogP contribution is -2.35. The lowest BCUT2D eigenvalue weighted by molar-refractivity contribution is 0.0270. The standard InChI is InChI=1S/C12H17BrN2O3S/c1-12(2,3)18-11(17)15-5-7(9(16)6-15)10-8(13)4-14-19-10/h4,7,9,16H,5-6H2,1-3H3. The highest BCUT2D eigenvalue weighted by Crippen LogP contribution is 2.35. The minimum absolute atomic E-state index is 0.102. The zero-order chi connectivity index (χ0) is 14.2. The lowest BCUT2D eigenvalue weighted by Gasteiger charge is -2.24. The molecular weight excluding hydrogens is 332 g/mol. The summed E-state index contributed by atoms with van der Waals surface area (Å²) in [4.78, 5) is 14.5. The normalized spacial score (nSPS) is 23.7. The van der Waals surface area contributed by atoms with E-state index in [-0.39, 0.29) is 12.0 Å². The van der Waals surface area contributed by atoms with Crippen LogP contribution in [0.1, 0.15) is 31.6 Å². The molecule has 1 aliphatic rings. The van der Waals surface area contributed by atoms with Crippen LogP contribution in [0.25, 0.3) is 0 Å². The number of hydrogen-bond donors (Lipinski definition) is 1. The van der Waals surface area contributed by atoms with E-state index < -0.39 is 11.7 Å². The number of likely N-dealkylation sites (tertiary alicyclic amines) is 1. The van der Waals surface area contributed by atoms with Gasteiger partial charge >= 0.3 is 6.09 Å². The molecule has 1 aliphatic heterocycles. The van der Waals surface area contributed by atoms with Gasteiger partial charge in [-0.1, -0.05) is 0 Å². The third kappa shape index (κ3) is 3.46. The van der Waals surface area contributed by atoms with Gasteiger partial charge in [-0.2, -0.15) is 4.37 Å². The molecule has 2 atom stereocenters. The molecule has 2 heterocycles. The molecule has 1 N–H and O–H groups in total. The van der Waals surface area contributed by atoms with Gasteiger partial charge in [0.25, 0.3) is 0 Å². The van der Waals surface area contributed by atoms with Crippen LogP contribution in [-0.4, -0.2) is 45.3 Å². The van der Waals surface area contributed by atoms with Crippen molar-refractivity contribution in [3.8, 4) is 0 Å². The van der Waals surface area contributed by atoms with E-state index in [1.165, 1.54) is 11.5 Å². The molecule has 0 aromatic carbocycles. The highest BCUT2D eigenvalue weighted by Gasteiger charge is 2.38. The van der Waals surface area contributed by atoms with Crippen molar-refractivity contribution in [1.82, 2.24) is 9.27 Å². The first-order valence-electron chi connectivity index (χ1n) is 6.04. The van der Waals surface area contributed by atoms with Gasteiger partial charge in [-0.15, -0.1) is 0 Å². The molecule has 0 radical (unpaired) electrons. The topological polar surface area (TPSA) is 62.7 Å². The Labute approximate surface area is 124 Å². The first kappa shape index (κ1) is 14.7. The Morgan fingerprint density at radius 3 is 2.79 bits per heavy atom. The Morgan fingerprint density at radius 1 is 1.58 bits per heavy atom. The number of nitrogens with zero attached hydrogens (tertiary/aromatic N) is 2. The van der Waals surface area contributed by atoms with E-state index >= 15 is 0 Å². The van der Waals surface area contributed by atoms with E-state index in [1.54, 1.807) is 11.1 Å². The number of aromatic nitrogens is 1. The number of β-amino-alcohol motifs (C(OH)–C–C–N with tert-alkyl or cyclic N) is 1. The molecule has 0 saturated carbocycles. The van der Waals surface area contributed by atoms with Crippen molar-refractivity contribution in [3.63, 3.8) is 0 Å². The van der Waals surface area contributed by atoms with Crippen LogP contribution in [0.15, 0.2) is 10.7 Å². The van der Waals surface area contributed by atoms with Crippen molar-refractivity contribution in [2.45, 2.75) is 38.4 Å². The number of rotatable bonds is 1. The minimum Gasteiger partial charge on any atom is -0.444 e. The second-order valence-corrected chi connectivity index (χ2v) is 7.28. The number of amides is 1. The number of hydrogen-bond acceptors (Lipinski definition) is 5. The van der Waals surface area contributed by atoms with Crippen LogP contribution in [0.5, 0.6) is 0 Å². The van der Waals surface area contributed by atoms with Crippen molar-refractivity contribution in [2.24, 2.45) is 0 Å². The van der Waals surface area contributed by atoms with E-state index in [2.05, 4.69) is 20.3 Å². The number of aliphatic hydroxyl groups is 1. The van der Waals surface area contributed by atoms with E-state index in [0.29, 0.717) is 13.1 Å². The highest BCUT2D eigenvalue weighted by molar-refractivity contribution is 9.10. The van der Waals surface area contributed by atoms with Gasteiger partial charge in [0.05, 0.1) is 23.3 Å². The molecule has 1 aromatic heterocycles. The van der Waals surface area contributed by atoms with Gasteiger partial charge in [-0.25, -0.2) is 4.79 Å². The Morgan fingerprint density at radius 2 is 2.26 bits per heavy atom. The molecule has 0 aliphatic carbocycles. The van der Waals surface area contributed by atoms with Crippen LogP contribution in [0.4, 0.5) is 4.79 Å². The van der Waals surface area contributed by atoms with E-state index in [4.69, 9.17) is 4.74 Å². The number of halogens is 1. The summed E-state index contributed by atoms with van der Waals surface area (Å²) < 4.78 is 10.3. The van der Waals surface area contributed by atoms with Gasteiger partial charge in [0.1, 0.15) is 5.60 Å². The molecular formula is C12H17BrN2O3S. The lowest BCUT2D eigenvalue weighted by atomic mass is 10.1. The van der Waals surface area contributed by atoms with Crippen molar-refractivity contribution >= 4 is 33.6 Å². The maximum absolute atomic E-state index is 12.0. The van der Waals surface area contributed by atoms with Gasteiger partial charge in [-0.05, 0) is 48.2 Å². The second kappa shape index (κ2) is 5.38. The van der Waals surface area contributed by atoms with Crippen LogP contribution in [0.2, 0.25) is 0 Å². The third-order valence-electron chi connectivity index (χ3n) is 2.83. The van der Waals surface area contributed by atoms with Crippen LogP contribution in [0, 0.1) is 0 Å². The van der Waals surface area contributed by atoms with Gasteiger partial charge in [0.2, 0.25) is 0 Å². The van der Waals surface area contributed by atoms with Gasteiger partial charge in [-0.3, -0.25) is 0 Å². The molecule has 0 bridgehead atoms. The van der Waals surface area contributed by atoms with E-state index in [9.17, 15) is 9.90 Å². The third-order valence-corrected chi connectivity index (χ3v) is 4.65. The predicted octanol–water partition coefficient (Wildman–Crippen LogP) is 2.60. The SMILES string of the molecule is CC(C)(C)OC(=O)N1CC(O)C(c2sncc2Br)C1. The monoisotopic (exact) mass is 348 g/mol. The van der Waals surface area contributed by atoms with Gasteiger partial charge in [0.15, 0.2) is 0 Å². The smallest absolute Gasteiger partial charge is 0.410 e. The highest BCUT2D eigenvalue weighted by atomic mass is 79.9. The average molecular weight is 349 g/mol. The Kier molecular flexibility index (Phi) is 4.17. The molecule has 2 unspecified atom stereocenters. The predicted molar refractivity (Wildman–Crippen MR) is 76.4 cm³/mol.